The molecule has 3 heteroatoms. The van der Waals surface area contributed by atoms with E-state index < -0.39 is 0 Å². The molecule has 0 radical (unpaired) electrons. The quantitative estimate of drug-likeness (QED) is 0.721. The molecule has 0 unspecified atom stereocenters. The minimum atomic E-state index is 0.687. The molecule has 110 valence electrons. The summed E-state index contributed by atoms with van der Waals surface area (Å²) in [5.74, 6) is 0.832. The molecule has 21 heavy (non-hydrogen) atoms. The van der Waals surface area contributed by atoms with Crippen molar-refractivity contribution in [3.63, 3.8) is 0 Å². The van der Waals surface area contributed by atoms with Crippen LogP contribution in [0.15, 0.2) is 42.5 Å². The number of benzene rings is 2. The molecule has 0 spiro atoms. The van der Waals surface area contributed by atoms with Gasteiger partial charge >= 0.3 is 0 Å². The van der Waals surface area contributed by atoms with E-state index in [1.165, 1.54) is 24.0 Å². The first-order chi connectivity index (χ1) is 10.2. The second-order valence-electron chi connectivity index (χ2n) is 5.68. The molecule has 0 aliphatic heterocycles. The van der Waals surface area contributed by atoms with Crippen LogP contribution in [0.25, 0.3) is 0 Å². The summed E-state index contributed by atoms with van der Waals surface area (Å²) < 4.78 is 0. The Hall–Kier alpha value is -1.02. The second-order valence-corrected chi connectivity index (χ2v) is 6.52. The topological polar surface area (TPSA) is 12.0 Å². The van der Waals surface area contributed by atoms with E-state index >= 15 is 0 Å². The van der Waals surface area contributed by atoms with Gasteiger partial charge in [0, 0.05) is 16.6 Å². The standard InChI is InChI=1S/C18H19Cl2N/c19-17-8-7-16(18(20)11-17)9-10-21-12-13-1-3-14(4-2-13)15-5-6-15/h1-4,7-8,11,15,21H,5-6,9-10,12H2. The summed E-state index contributed by atoms with van der Waals surface area (Å²) in [6.45, 7) is 1.81. The van der Waals surface area contributed by atoms with Gasteiger partial charge in [-0.05, 0) is 60.5 Å². The van der Waals surface area contributed by atoms with Crippen molar-refractivity contribution >= 4 is 23.2 Å². The first-order valence-corrected chi connectivity index (χ1v) is 8.21. The third kappa shape index (κ3) is 4.23. The molecule has 2 aromatic rings. The van der Waals surface area contributed by atoms with E-state index in [0.29, 0.717) is 5.02 Å². The lowest BCUT2D eigenvalue weighted by molar-refractivity contribution is 0.687. The Morgan fingerprint density at radius 3 is 2.43 bits per heavy atom. The summed E-state index contributed by atoms with van der Waals surface area (Å²) in [5.41, 5.74) is 3.96. The van der Waals surface area contributed by atoms with Crippen LogP contribution in [0.2, 0.25) is 10.0 Å². The third-order valence-electron chi connectivity index (χ3n) is 3.94. The number of rotatable bonds is 6. The van der Waals surface area contributed by atoms with Crippen LogP contribution in [0.5, 0.6) is 0 Å². The van der Waals surface area contributed by atoms with E-state index in [0.717, 1.165) is 36.0 Å². The van der Waals surface area contributed by atoms with Crippen LogP contribution in [-0.2, 0) is 13.0 Å². The van der Waals surface area contributed by atoms with Crippen molar-refractivity contribution in [2.24, 2.45) is 0 Å². The Morgan fingerprint density at radius 2 is 1.76 bits per heavy atom. The maximum Gasteiger partial charge on any atom is 0.0453 e. The van der Waals surface area contributed by atoms with Crippen molar-refractivity contribution in [3.05, 3.63) is 69.2 Å². The van der Waals surface area contributed by atoms with Gasteiger partial charge in [0.25, 0.3) is 0 Å². The van der Waals surface area contributed by atoms with E-state index in [4.69, 9.17) is 23.2 Å². The SMILES string of the molecule is Clc1ccc(CCNCc2ccc(C3CC3)cc2)c(Cl)c1. The van der Waals surface area contributed by atoms with Crippen LogP contribution < -0.4 is 5.32 Å². The highest BCUT2D eigenvalue weighted by molar-refractivity contribution is 6.35. The van der Waals surface area contributed by atoms with Gasteiger partial charge in [-0.3, -0.25) is 0 Å². The van der Waals surface area contributed by atoms with Crippen LogP contribution in [0.3, 0.4) is 0 Å². The Morgan fingerprint density at radius 1 is 1.00 bits per heavy atom. The zero-order chi connectivity index (χ0) is 14.7. The summed E-state index contributed by atoms with van der Waals surface area (Å²) in [4.78, 5) is 0. The predicted octanol–water partition coefficient (Wildman–Crippen LogP) is 5.20. The number of hydrogen-bond acceptors (Lipinski definition) is 1. The van der Waals surface area contributed by atoms with Crippen LogP contribution in [0, 0.1) is 0 Å². The summed E-state index contributed by atoms with van der Waals surface area (Å²) in [6, 6.07) is 14.7. The fourth-order valence-electron chi connectivity index (χ4n) is 2.50. The molecule has 1 aliphatic carbocycles. The summed E-state index contributed by atoms with van der Waals surface area (Å²) in [6.07, 6.45) is 3.63. The summed E-state index contributed by atoms with van der Waals surface area (Å²) in [5, 5.41) is 4.90. The Kier molecular flexibility index (Phi) is 4.84. The van der Waals surface area contributed by atoms with Crippen LogP contribution in [-0.4, -0.2) is 6.54 Å². The van der Waals surface area contributed by atoms with Gasteiger partial charge < -0.3 is 5.32 Å². The molecule has 3 rings (SSSR count). The van der Waals surface area contributed by atoms with Crippen molar-refractivity contribution in [3.8, 4) is 0 Å². The van der Waals surface area contributed by atoms with Crippen LogP contribution in [0.1, 0.15) is 35.4 Å². The zero-order valence-corrected chi connectivity index (χ0v) is 13.4. The number of hydrogen-bond donors (Lipinski definition) is 1. The smallest absolute Gasteiger partial charge is 0.0453 e. The molecule has 0 amide bonds. The van der Waals surface area contributed by atoms with Gasteiger partial charge in [-0.15, -0.1) is 0 Å². The average molecular weight is 320 g/mol. The van der Waals surface area contributed by atoms with E-state index in [2.05, 4.69) is 29.6 Å². The predicted molar refractivity (Wildman–Crippen MR) is 90.3 cm³/mol. The van der Waals surface area contributed by atoms with E-state index in [1.807, 2.05) is 12.1 Å². The largest absolute Gasteiger partial charge is 0.312 e. The lowest BCUT2D eigenvalue weighted by atomic mass is 10.1. The minimum Gasteiger partial charge on any atom is -0.312 e. The minimum absolute atomic E-state index is 0.687. The molecule has 0 bridgehead atoms. The lowest BCUT2D eigenvalue weighted by Crippen LogP contribution is -2.16. The highest BCUT2D eigenvalue weighted by atomic mass is 35.5. The highest BCUT2D eigenvalue weighted by Crippen LogP contribution is 2.39. The van der Waals surface area contributed by atoms with E-state index in [9.17, 15) is 0 Å². The van der Waals surface area contributed by atoms with E-state index in [-0.39, 0.29) is 0 Å². The van der Waals surface area contributed by atoms with Gasteiger partial charge in [0.1, 0.15) is 0 Å². The Labute approximate surface area is 136 Å². The second kappa shape index (κ2) is 6.83. The first kappa shape index (κ1) is 14.9. The van der Waals surface area contributed by atoms with Crippen molar-refractivity contribution < 1.29 is 0 Å². The molecule has 0 heterocycles. The molecular formula is C18H19Cl2N. The summed E-state index contributed by atoms with van der Waals surface area (Å²) >= 11 is 12.1. The molecule has 0 saturated heterocycles. The first-order valence-electron chi connectivity index (χ1n) is 7.46. The normalized spacial score (nSPS) is 14.4. The molecular weight excluding hydrogens is 301 g/mol. The monoisotopic (exact) mass is 319 g/mol. The zero-order valence-electron chi connectivity index (χ0n) is 11.9. The Balaban J connectivity index is 1.45. The molecule has 1 N–H and O–H groups in total. The van der Waals surface area contributed by atoms with E-state index in [1.54, 1.807) is 6.07 Å². The van der Waals surface area contributed by atoms with Crippen molar-refractivity contribution in [2.75, 3.05) is 6.54 Å². The molecule has 0 atom stereocenters. The van der Waals surface area contributed by atoms with Gasteiger partial charge in [-0.25, -0.2) is 0 Å². The van der Waals surface area contributed by atoms with Gasteiger partial charge in [0.2, 0.25) is 0 Å². The van der Waals surface area contributed by atoms with Crippen molar-refractivity contribution in [1.29, 1.82) is 0 Å². The molecule has 2 aromatic carbocycles. The van der Waals surface area contributed by atoms with Gasteiger partial charge in [-0.1, -0.05) is 53.5 Å². The van der Waals surface area contributed by atoms with Gasteiger partial charge in [0.15, 0.2) is 0 Å². The van der Waals surface area contributed by atoms with Crippen LogP contribution in [0.4, 0.5) is 0 Å². The van der Waals surface area contributed by atoms with Crippen LogP contribution >= 0.6 is 23.2 Å². The number of nitrogens with one attached hydrogen (secondary N) is 1. The summed E-state index contributed by atoms with van der Waals surface area (Å²) in [7, 11) is 0. The molecule has 1 nitrogen and oxygen atoms in total. The fraction of sp³-hybridized carbons (Fsp3) is 0.333. The molecule has 1 aliphatic rings. The lowest BCUT2D eigenvalue weighted by Gasteiger charge is -2.08. The van der Waals surface area contributed by atoms with Crippen molar-refractivity contribution in [2.45, 2.75) is 31.7 Å². The highest BCUT2D eigenvalue weighted by Gasteiger charge is 2.22. The fourth-order valence-corrected chi connectivity index (χ4v) is 3.01. The molecule has 1 saturated carbocycles. The average Bonchev–Trinajstić information content (AvgIpc) is 3.31. The maximum atomic E-state index is 6.17. The maximum absolute atomic E-state index is 6.17. The molecule has 0 aromatic heterocycles. The molecule has 1 fully saturated rings. The third-order valence-corrected chi connectivity index (χ3v) is 4.53. The Bertz CT molecular complexity index is 603. The van der Waals surface area contributed by atoms with Crippen molar-refractivity contribution in [1.82, 2.24) is 5.32 Å². The van der Waals surface area contributed by atoms with Gasteiger partial charge in [-0.2, -0.15) is 0 Å². The number of halogens is 2. The van der Waals surface area contributed by atoms with Gasteiger partial charge in [0.05, 0.1) is 0 Å².